The molecule has 0 aromatic carbocycles. The van der Waals surface area contributed by atoms with Crippen molar-refractivity contribution in [1.82, 2.24) is 9.97 Å². The molecule has 0 aliphatic rings. The van der Waals surface area contributed by atoms with Crippen molar-refractivity contribution >= 4 is 0 Å². The van der Waals surface area contributed by atoms with Gasteiger partial charge in [0.05, 0.1) is 0 Å². The first kappa shape index (κ1) is 17.4. The fraction of sp³-hybridized carbons (Fsp3) is 0.474. The fourth-order valence-corrected chi connectivity index (χ4v) is 2.82. The standard InChI is InChI=1S/C19H27N3O/c1-13(2)10-19(5,20)12-23-18-14(3)8-17(11-22-18)16-6-7-21-15(4)9-16/h6-9,11,13H,10,12,20H2,1-5H3. The summed E-state index contributed by atoms with van der Waals surface area (Å²) in [6.45, 7) is 10.8. The summed E-state index contributed by atoms with van der Waals surface area (Å²) in [4.78, 5) is 8.69. The van der Waals surface area contributed by atoms with Crippen LogP contribution in [-0.4, -0.2) is 22.1 Å². The van der Waals surface area contributed by atoms with Crippen LogP contribution in [0.25, 0.3) is 11.1 Å². The number of rotatable bonds is 6. The molecule has 0 fully saturated rings. The maximum Gasteiger partial charge on any atom is 0.216 e. The third-order valence-electron chi connectivity index (χ3n) is 3.67. The molecule has 2 N–H and O–H groups in total. The lowest BCUT2D eigenvalue weighted by Crippen LogP contribution is -2.43. The number of aromatic nitrogens is 2. The van der Waals surface area contributed by atoms with Crippen LogP contribution >= 0.6 is 0 Å². The number of ether oxygens (including phenoxy) is 1. The molecule has 2 rings (SSSR count). The van der Waals surface area contributed by atoms with Crippen LogP contribution in [0.1, 0.15) is 38.4 Å². The molecule has 23 heavy (non-hydrogen) atoms. The quantitative estimate of drug-likeness (QED) is 0.878. The van der Waals surface area contributed by atoms with Gasteiger partial charge in [-0.3, -0.25) is 4.98 Å². The Morgan fingerprint density at radius 1 is 1.17 bits per heavy atom. The maximum absolute atomic E-state index is 6.29. The van der Waals surface area contributed by atoms with Gasteiger partial charge >= 0.3 is 0 Å². The van der Waals surface area contributed by atoms with Crippen LogP contribution in [0.5, 0.6) is 5.88 Å². The molecular formula is C19H27N3O. The van der Waals surface area contributed by atoms with Crippen LogP contribution in [0.3, 0.4) is 0 Å². The Balaban J connectivity index is 2.11. The zero-order valence-corrected chi connectivity index (χ0v) is 14.8. The molecular weight excluding hydrogens is 286 g/mol. The monoisotopic (exact) mass is 313 g/mol. The normalized spacial score (nSPS) is 13.9. The molecule has 4 heteroatoms. The average Bonchev–Trinajstić information content (AvgIpc) is 2.44. The van der Waals surface area contributed by atoms with Crippen LogP contribution in [0, 0.1) is 19.8 Å². The summed E-state index contributed by atoms with van der Waals surface area (Å²) < 4.78 is 5.87. The number of hydrogen-bond donors (Lipinski definition) is 1. The SMILES string of the molecule is Cc1cc(-c2cnc(OCC(C)(N)CC(C)C)c(C)c2)ccn1. The molecule has 2 aromatic rings. The maximum atomic E-state index is 6.29. The molecule has 1 unspecified atom stereocenters. The number of hydrogen-bond acceptors (Lipinski definition) is 4. The van der Waals surface area contributed by atoms with Crippen LogP contribution in [0.15, 0.2) is 30.6 Å². The Morgan fingerprint density at radius 2 is 1.91 bits per heavy atom. The van der Waals surface area contributed by atoms with Crippen LogP contribution in [0.2, 0.25) is 0 Å². The van der Waals surface area contributed by atoms with Gasteiger partial charge in [-0.2, -0.15) is 0 Å². The van der Waals surface area contributed by atoms with Crippen molar-refractivity contribution < 1.29 is 4.74 Å². The van der Waals surface area contributed by atoms with Crippen molar-refractivity contribution in [1.29, 1.82) is 0 Å². The Bertz CT molecular complexity index is 665. The molecule has 4 nitrogen and oxygen atoms in total. The van der Waals surface area contributed by atoms with E-state index in [1.165, 1.54) is 0 Å². The molecule has 0 saturated heterocycles. The summed E-state index contributed by atoms with van der Waals surface area (Å²) >= 11 is 0. The molecule has 124 valence electrons. The Kier molecular flexibility index (Phi) is 5.37. The molecule has 0 saturated carbocycles. The highest BCUT2D eigenvalue weighted by Crippen LogP contribution is 2.25. The van der Waals surface area contributed by atoms with Gasteiger partial charge in [-0.1, -0.05) is 13.8 Å². The Morgan fingerprint density at radius 3 is 2.52 bits per heavy atom. The van der Waals surface area contributed by atoms with E-state index in [1.54, 1.807) is 0 Å². The number of aryl methyl sites for hydroxylation is 2. The zero-order chi connectivity index (χ0) is 17.0. The van der Waals surface area contributed by atoms with E-state index in [9.17, 15) is 0 Å². The summed E-state index contributed by atoms with van der Waals surface area (Å²) in [6, 6.07) is 6.13. The van der Waals surface area contributed by atoms with Crippen molar-refractivity contribution in [3.8, 4) is 17.0 Å². The molecule has 0 bridgehead atoms. The van der Waals surface area contributed by atoms with Gasteiger partial charge in [-0.05, 0) is 56.9 Å². The van der Waals surface area contributed by atoms with E-state index in [0.29, 0.717) is 18.4 Å². The molecule has 1 atom stereocenters. The van der Waals surface area contributed by atoms with E-state index >= 15 is 0 Å². The minimum atomic E-state index is -0.344. The van der Waals surface area contributed by atoms with Crippen molar-refractivity contribution in [3.63, 3.8) is 0 Å². The molecule has 2 heterocycles. The second-order valence-electron chi connectivity index (χ2n) is 7.07. The molecule has 0 amide bonds. The summed E-state index contributed by atoms with van der Waals surface area (Å²) in [5, 5.41) is 0. The van der Waals surface area contributed by atoms with Gasteiger partial charge < -0.3 is 10.5 Å². The summed E-state index contributed by atoms with van der Waals surface area (Å²) in [5.41, 5.74) is 10.1. The lowest BCUT2D eigenvalue weighted by Gasteiger charge is -2.26. The second kappa shape index (κ2) is 7.09. The minimum Gasteiger partial charge on any atom is -0.476 e. The van der Waals surface area contributed by atoms with Gasteiger partial charge in [0.25, 0.3) is 0 Å². The van der Waals surface area contributed by atoms with E-state index in [0.717, 1.165) is 28.8 Å². The molecule has 0 aliphatic carbocycles. The predicted molar refractivity (Wildman–Crippen MR) is 94.5 cm³/mol. The van der Waals surface area contributed by atoms with E-state index in [-0.39, 0.29) is 5.54 Å². The highest BCUT2D eigenvalue weighted by molar-refractivity contribution is 5.63. The van der Waals surface area contributed by atoms with E-state index in [4.69, 9.17) is 10.5 Å². The van der Waals surface area contributed by atoms with Gasteiger partial charge in [0.1, 0.15) is 6.61 Å². The zero-order valence-electron chi connectivity index (χ0n) is 14.8. The van der Waals surface area contributed by atoms with Crippen molar-refractivity contribution in [2.24, 2.45) is 11.7 Å². The van der Waals surface area contributed by atoms with Crippen LogP contribution in [-0.2, 0) is 0 Å². The first-order valence-electron chi connectivity index (χ1n) is 8.08. The van der Waals surface area contributed by atoms with Gasteiger partial charge in [-0.15, -0.1) is 0 Å². The van der Waals surface area contributed by atoms with E-state index in [2.05, 4.69) is 35.9 Å². The summed E-state index contributed by atoms with van der Waals surface area (Å²) in [6.07, 6.45) is 4.57. The third-order valence-corrected chi connectivity index (χ3v) is 3.67. The topological polar surface area (TPSA) is 61.0 Å². The second-order valence-corrected chi connectivity index (χ2v) is 7.07. The lowest BCUT2D eigenvalue weighted by atomic mass is 9.93. The minimum absolute atomic E-state index is 0.344. The lowest BCUT2D eigenvalue weighted by molar-refractivity contribution is 0.199. The van der Waals surface area contributed by atoms with E-state index in [1.807, 2.05) is 39.2 Å². The molecule has 0 aliphatic heterocycles. The Hall–Kier alpha value is -1.94. The number of pyridine rings is 2. The molecule has 0 radical (unpaired) electrons. The average molecular weight is 313 g/mol. The number of nitrogens with two attached hydrogens (primary N) is 1. The number of nitrogens with zero attached hydrogens (tertiary/aromatic N) is 2. The predicted octanol–water partition coefficient (Wildman–Crippen LogP) is 3.90. The first-order valence-corrected chi connectivity index (χ1v) is 8.08. The third kappa shape index (κ3) is 5.03. The van der Waals surface area contributed by atoms with Crippen LogP contribution in [0.4, 0.5) is 0 Å². The summed E-state index contributed by atoms with van der Waals surface area (Å²) in [5.74, 6) is 1.19. The molecule has 2 aromatic heterocycles. The molecule has 0 spiro atoms. The Labute approximate surface area is 139 Å². The van der Waals surface area contributed by atoms with Crippen molar-refractivity contribution in [3.05, 3.63) is 41.9 Å². The van der Waals surface area contributed by atoms with Crippen molar-refractivity contribution in [2.75, 3.05) is 6.61 Å². The van der Waals surface area contributed by atoms with Gasteiger partial charge in [0.2, 0.25) is 5.88 Å². The van der Waals surface area contributed by atoms with Crippen LogP contribution < -0.4 is 10.5 Å². The van der Waals surface area contributed by atoms with Crippen molar-refractivity contribution in [2.45, 2.75) is 46.6 Å². The first-order chi connectivity index (χ1) is 10.8. The van der Waals surface area contributed by atoms with Gasteiger partial charge in [0, 0.05) is 34.8 Å². The van der Waals surface area contributed by atoms with Gasteiger partial charge in [0.15, 0.2) is 0 Å². The smallest absolute Gasteiger partial charge is 0.216 e. The highest BCUT2D eigenvalue weighted by atomic mass is 16.5. The highest BCUT2D eigenvalue weighted by Gasteiger charge is 2.21. The largest absolute Gasteiger partial charge is 0.476 e. The fourth-order valence-electron chi connectivity index (χ4n) is 2.82. The van der Waals surface area contributed by atoms with Gasteiger partial charge in [-0.25, -0.2) is 4.98 Å². The summed E-state index contributed by atoms with van der Waals surface area (Å²) in [7, 11) is 0. The van der Waals surface area contributed by atoms with E-state index < -0.39 is 0 Å².